The molecule has 86 valence electrons. The Morgan fingerprint density at radius 1 is 1.53 bits per heavy atom. The van der Waals surface area contributed by atoms with Crippen LogP contribution in [0.4, 0.5) is 0 Å². The van der Waals surface area contributed by atoms with Crippen LogP contribution in [0.15, 0.2) is 0 Å². The van der Waals surface area contributed by atoms with E-state index in [4.69, 9.17) is 10.6 Å². The van der Waals surface area contributed by atoms with Crippen LogP contribution in [0.2, 0.25) is 0 Å². The lowest BCUT2D eigenvalue weighted by Gasteiger charge is -2.19. The SMILES string of the molecule is NOCC1CCN(C(=O)C2CCCO2)C1. The van der Waals surface area contributed by atoms with Gasteiger partial charge in [0.2, 0.25) is 0 Å². The average Bonchev–Trinajstić information content (AvgIpc) is 2.87. The Morgan fingerprint density at radius 2 is 2.40 bits per heavy atom. The molecular formula is C10H18N2O3. The second-order valence-electron chi connectivity index (χ2n) is 4.27. The zero-order chi connectivity index (χ0) is 10.7. The van der Waals surface area contributed by atoms with E-state index >= 15 is 0 Å². The lowest BCUT2D eigenvalue weighted by atomic mass is 10.1. The van der Waals surface area contributed by atoms with Crippen molar-refractivity contribution in [3.63, 3.8) is 0 Å². The summed E-state index contributed by atoms with van der Waals surface area (Å²) >= 11 is 0. The number of amides is 1. The van der Waals surface area contributed by atoms with Crippen LogP contribution in [0.1, 0.15) is 19.3 Å². The smallest absolute Gasteiger partial charge is 0.251 e. The van der Waals surface area contributed by atoms with E-state index in [9.17, 15) is 4.79 Å². The summed E-state index contributed by atoms with van der Waals surface area (Å²) in [4.78, 5) is 18.4. The Hall–Kier alpha value is -0.650. The van der Waals surface area contributed by atoms with Crippen LogP contribution in [0, 0.1) is 5.92 Å². The summed E-state index contributed by atoms with van der Waals surface area (Å²) in [6.45, 7) is 2.83. The largest absolute Gasteiger partial charge is 0.368 e. The molecule has 2 N–H and O–H groups in total. The minimum Gasteiger partial charge on any atom is -0.368 e. The third-order valence-corrected chi connectivity index (χ3v) is 3.13. The van der Waals surface area contributed by atoms with Gasteiger partial charge in [-0.3, -0.25) is 4.79 Å². The third-order valence-electron chi connectivity index (χ3n) is 3.13. The fourth-order valence-electron chi connectivity index (χ4n) is 2.28. The summed E-state index contributed by atoms with van der Waals surface area (Å²) in [6, 6.07) is 0. The van der Waals surface area contributed by atoms with Gasteiger partial charge in [-0.15, -0.1) is 0 Å². The minimum absolute atomic E-state index is 0.145. The molecule has 2 unspecified atom stereocenters. The van der Waals surface area contributed by atoms with Crippen LogP contribution in [-0.2, 0) is 14.4 Å². The molecule has 0 radical (unpaired) electrons. The van der Waals surface area contributed by atoms with Gasteiger partial charge < -0.3 is 14.5 Å². The molecule has 2 fully saturated rings. The minimum atomic E-state index is -0.192. The number of likely N-dealkylation sites (tertiary alicyclic amines) is 1. The molecule has 0 saturated carbocycles. The molecule has 5 nitrogen and oxygen atoms in total. The highest BCUT2D eigenvalue weighted by Crippen LogP contribution is 2.21. The van der Waals surface area contributed by atoms with Crippen molar-refractivity contribution >= 4 is 5.91 Å². The van der Waals surface area contributed by atoms with Gasteiger partial charge in [-0.2, -0.15) is 0 Å². The molecule has 2 heterocycles. The maximum absolute atomic E-state index is 11.9. The van der Waals surface area contributed by atoms with E-state index in [0.29, 0.717) is 12.5 Å². The number of nitrogens with zero attached hydrogens (tertiary/aromatic N) is 1. The molecule has 0 aromatic heterocycles. The molecule has 2 rings (SSSR count). The Kier molecular flexibility index (Phi) is 3.56. The van der Waals surface area contributed by atoms with Gasteiger partial charge in [-0.25, -0.2) is 5.90 Å². The standard InChI is InChI=1S/C10H18N2O3/c11-15-7-8-3-4-12(6-8)10(13)9-2-1-5-14-9/h8-9H,1-7,11H2. The van der Waals surface area contributed by atoms with Crippen molar-refractivity contribution in [2.24, 2.45) is 11.8 Å². The van der Waals surface area contributed by atoms with Crippen LogP contribution < -0.4 is 5.90 Å². The van der Waals surface area contributed by atoms with Gasteiger partial charge in [0.1, 0.15) is 6.10 Å². The maximum Gasteiger partial charge on any atom is 0.251 e. The lowest BCUT2D eigenvalue weighted by molar-refractivity contribution is -0.140. The average molecular weight is 214 g/mol. The molecule has 15 heavy (non-hydrogen) atoms. The number of carbonyl (C=O) groups is 1. The number of hydrogen-bond donors (Lipinski definition) is 1. The van der Waals surface area contributed by atoms with Crippen molar-refractivity contribution < 1.29 is 14.4 Å². The number of rotatable bonds is 3. The van der Waals surface area contributed by atoms with Crippen LogP contribution in [-0.4, -0.2) is 43.2 Å². The zero-order valence-electron chi connectivity index (χ0n) is 8.85. The first-order chi connectivity index (χ1) is 7.31. The molecule has 1 amide bonds. The summed E-state index contributed by atoms with van der Waals surface area (Å²) in [6.07, 6.45) is 2.66. The molecule has 5 heteroatoms. The predicted molar refractivity (Wildman–Crippen MR) is 53.8 cm³/mol. The van der Waals surface area contributed by atoms with Gasteiger partial charge >= 0.3 is 0 Å². The van der Waals surface area contributed by atoms with Gasteiger partial charge in [-0.1, -0.05) is 0 Å². The first-order valence-electron chi connectivity index (χ1n) is 5.53. The number of ether oxygens (including phenoxy) is 1. The van der Waals surface area contributed by atoms with Gasteiger partial charge in [0.15, 0.2) is 0 Å². The van der Waals surface area contributed by atoms with E-state index in [0.717, 1.165) is 39.0 Å². The molecule has 0 aromatic carbocycles. The first-order valence-corrected chi connectivity index (χ1v) is 5.53. The van der Waals surface area contributed by atoms with Crippen molar-refractivity contribution in [2.75, 3.05) is 26.3 Å². The summed E-state index contributed by atoms with van der Waals surface area (Å²) in [5.41, 5.74) is 0. The van der Waals surface area contributed by atoms with E-state index in [1.165, 1.54) is 0 Å². The quantitative estimate of drug-likeness (QED) is 0.666. The van der Waals surface area contributed by atoms with Gasteiger partial charge in [-0.05, 0) is 19.3 Å². The molecule has 2 saturated heterocycles. The monoisotopic (exact) mass is 214 g/mol. The molecule has 0 spiro atoms. The van der Waals surface area contributed by atoms with Crippen molar-refractivity contribution in [1.82, 2.24) is 4.90 Å². The van der Waals surface area contributed by atoms with Gasteiger partial charge in [0.25, 0.3) is 5.91 Å². The molecule has 0 aliphatic carbocycles. The first kappa shape index (κ1) is 10.9. The van der Waals surface area contributed by atoms with Crippen molar-refractivity contribution in [3.8, 4) is 0 Å². The van der Waals surface area contributed by atoms with Crippen molar-refractivity contribution in [3.05, 3.63) is 0 Å². The second kappa shape index (κ2) is 4.92. The van der Waals surface area contributed by atoms with Crippen molar-refractivity contribution in [1.29, 1.82) is 0 Å². The number of carbonyl (C=O) groups excluding carboxylic acids is 1. The van der Waals surface area contributed by atoms with E-state index in [-0.39, 0.29) is 12.0 Å². The Morgan fingerprint density at radius 3 is 3.07 bits per heavy atom. The summed E-state index contributed by atoms with van der Waals surface area (Å²) < 4.78 is 5.38. The molecule has 0 aromatic rings. The zero-order valence-corrected chi connectivity index (χ0v) is 8.85. The molecule has 2 atom stereocenters. The summed E-state index contributed by atoms with van der Waals surface area (Å²) in [5.74, 6) is 5.56. The highest BCUT2D eigenvalue weighted by Gasteiger charge is 2.32. The topological polar surface area (TPSA) is 64.8 Å². The van der Waals surface area contributed by atoms with Crippen molar-refractivity contribution in [2.45, 2.75) is 25.4 Å². The summed E-state index contributed by atoms with van der Waals surface area (Å²) in [5, 5.41) is 0. The second-order valence-corrected chi connectivity index (χ2v) is 4.27. The molecule has 0 bridgehead atoms. The van der Waals surface area contributed by atoms with E-state index in [1.54, 1.807) is 0 Å². The third kappa shape index (κ3) is 2.48. The Labute approximate surface area is 89.5 Å². The maximum atomic E-state index is 11.9. The molecule has 2 aliphatic heterocycles. The van der Waals surface area contributed by atoms with E-state index in [2.05, 4.69) is 4.84 Å². The Bertz CT molecular complexity index is 229. The van der Waals surface area contributed by atoms with Crippen LogP contribution in [0.5, 0.6) is 0 Å². The fraction of sp³-hybridized carbons (Fsp3) is 0.900. The van der Waals surface area contributed by atoms with E-state index in [1.807, 2.05) is 4.90 Å². The van der Waals surface area contributed by atoms with E-state index < -0.39 is 0 Å². The van der Waals surface area contributed by atoms with Crippen LogP contribution in [0.25, 0.3) is 0 Å². The Balaban J connectivity index is 1.81. The molecular weight excluding hydrogens is 196 g/mol. The lowest BCUT2D eigenvalue weighted by Crippen LogP contribution is -2.37. The van der Waals surface area contributed by atoms with Crippen LogP contribution in [0.3, 0.4) is 0 Å². The highest BCUT2D eigenvalue weighted by atomic mass is 16.6. The van der Waals surface area contributed by atoms with Crippen LogP contribution >= 0.6 is 0 Å². The fourth-order valence-corrected chi connectivity index (χ4v) is 2.28. The number of hydrogen-bond acceptors (Lipinski definition) is 4. The van der Waals surface area contributed by atoms with Gasteiger partial charge in [0, 0.05) is 25.6 Å². The highest BCUT2D eigenvalue weighted by molar-refractivity contribution is 5.81. The summed E-state index contributed by atoms with van der Waals surface area (Å²) in [7, 11) is 0. The van der Waals surface area contributed by atoms with Gasteiger partial charge in [0.05, 0.1) is 6.61 Å². The normalized spacial score (nSPS) is 31.1. The molecule has 2 aliphatic rings. The number of nitrogens with two attached hydrogens (primary N) is 1. The predicted octanol–water partition coefficient (Wildman–Crippen LogP) is -0.0958.